The van der Waals surface area contributed by atoms with E-state index in [1.165, 1.54) is 17.2 Å². The van der Waals surface area contributed by atoms with Crippen LogP contribution in [0.3, 0.4) is 0 Å². The van der Waals surface area contributed by atoms with Crippen LogP contribution >= 0.6 is 0 Å². The predicted molar refractivity (Wildman–Crippen MR) is 68.1 cm³/mol. The van der Waals surface area contributed by atoms with Gasteiger partial charge in [0.2, 0.25) is 5.95 Å². The van der Waals surface area contributed by atoms with Gasteiger partial charge in [-0.25, -0.2) is 4.98 Å². The molecule has 5 heteroatoms. The first-order valence-electron chi connectivity index (χ1n) is 5.72. The average Bonchev–Trinajstić information content (AvgIpc) is 2.40. The smallest absolute Gasteiger partial charge is 0.254 e. The number of hydrogen-bond acceptors (Lipinski definition) is 3. The number of phenolic OH excluding ortho intramolecular Hbond substituents is 1. The van der Waals surface area contributed by atoms with E-state index in [0.29, 0.717) is 5.56 Å². The fourth-order valence-electron chi connectivity index (χ4n) is 1.73. The summed E-state index contributed by atoms with van der Waals surface area (Å²) in [5, 5.41) is 9.65. The van der Waals surface area contributed by atoms with Crippen LogP contribution in [0, 0.1) is 5.95 Å². The van der Waals surface area contributed by atoms with E-state index in [1.807, 2.05) is 0 Å². The second-order valence-electron chi connectivity index (χ2n) is 4.16. The molecule has 1 aromatic heterocycles. The van der Waals surface area contributed by atoms with Gasteiger partial charge in [-0.1, -0.05) is 18.2 Å². The molecule has 2 aromatic rings. The number of nitrogens with zero attached hydrogens (tertiary/aromatic N) is 2. The van der Waals surface area contributed by atoms with Crippen LogP contribution in [0.15, 0.2) is 42.6 Å². The molecule has 1 N–H and O–H groups in total. The van der Waals surface area contributed by atoms with Crippen LogP contribution in [0.2, 0.25) is 0 Å². The van der Waals surface area contributed by atoms with Crippen LogP contribution in [0.25, 0.3) is 0 Å². The Morgan fingerprint density at radius 3 is 2.79 bits per heavy atom. The second kappa shape index (κ2) is 5.48. The lowest BCUT2D eigenvalue weighted by molar-refractivity contribution is 0.0783. The first-order valence-corrected chi connectivity index (χ1v) is 5.72. The van der Waals surface area contributed by atoms with Gasteiger partial charge >= 0.3 is 0 Å². The standard InChI is InChI=1S/C14H13FN2O2/c1-17(9-11-4-2-3-5-12(11)18)14(19)10-6-7-16-13(15)8-10/h2-8,18H,9H2,1H3. The van der Waals surface area contributed by atoms with E-state index in [-0.39, 0.29) is 23.8 Å². The largest absolute Gasteiger partial charge is 0.508 e. The summed E-state index contributed by atoms with van der Waals surface area (Å²) in [5.74, 6) is -0.894. The molecule has 0 saturated carbocycles. The summed E-state index contributed by atoms with van der Waals surface area (Å²) in [7, 11) is 1.59. The van der Waals surface area contributed by atoms with E-state index < -0.39 is 5.95 Å². The van der Waals surface area contributed by atoms with Gasteiger partial charge in [0, 0.05) is 37.0 Å². The van der Waals surface area contributed by atoms with Gasteiger partial charge in [0.1, 0.15) is 5.75 Å². The highest BCUT2D eigenvalue weighted by atomic mass is 19.1. The van der Waals surface area contributed by atoms with Gasteiger partial charge in [-0.2, -0.15) is 4.39 Å². The number of carbonyl (C=O) groups excluding carboxylic acids is 1. The highest BCUT2D eigenvalue weighted by Crippen LogP contribution is 2.18. The molecule has 0 aliphatic rings. The zero-order chi connectivity index (χ0) is 13.8. The monoisotopic (exact) mass is 260 g/mol. The number of phenols is 1. The normalized spacial score (nSPS) is 10.2. The van der Waals surface area contributed by atoms with Crippen molar-refractivity contribution in [3.8, 4) is 5.75 Å². The van der Waals surface area contributed by atoms with Gasteiger partial charge in [0.15, 0.2) is 0 Å². The lowest BCUT2D eigenvalue weighted by atomic mass is 10.1. The molecule has 0 spiro atoms. The van der Waals surface area contributed by atoms with Crippen molar-refractivity contribution in [3.63, 3.8) is 0 Å². The summed E-state index contributed by atoms with van der Waals surface area (Å²) in [6.45, 7) is 0.245. The molecule has 2 rings (SSSR count). The minimum atomic E-state index is -0.693. The summed E-state index contributed by atoms with van der Waals surface area (Å²) in [4.78, 5) is 16.9. The van der Waals surface area contributed by atoms with Crippen molar-refractivity contribution < 1.29 is 14.3 Å². The molecule has 1 heterocycles. The first kappa shape index (κ1) is 13.0. The van der Waals surface area contributed by atoms with Gasteiger partial charge in [-0.15, -0.1) is 0 Å². The minimum Gasteiger partial charge on any atom is -0.508 e. The zero-order valence-corrected chi connectivity index (χ0v) is 10.4. The van der Waals surface area contributed by atoms with Gasteiger partial charge in [0.25, 0.3) is 5.91 Å². The molecule has 1 aromatic carbocycles. The Labute approximate surface area is 110 Å². The van der Waals surface area contributed by atoms with Crippen LogP contribution in [0.1, 0.15) is 15.9 Å². The lowest BCUT2D eigenvalue weighted by Gasteiger charge is -2.17. The molecule has 0 fully saturated rings. The topological polar surface area (TPSA) is 53.4 Å². The van der Waals surface area contributed by atoms with Crippen LogP contribution in [-0.2, 0) is 6.54 Å². The van der Waals surface area contributed by atoms with E-state index in [1.54, 1.807) is 31.3 Å². The van der Waals surface area contributed by atoms with Crippen LogP contribution in [0.4, 0.5) is 4.39 Å². The van der Waals surface area contributed by atoms with Gasteiger partial charge in [-0.3, -0.25) is 4.79 Å². The maximum Gasteiger partial charge on any atom is 0.254 e. The van der Waals surface area contributed by atoms with Crippen molar-refractivity contribution >= 4 is 5.91 Å². The van der Waals surface area contributed by atoms with Crippen LogP contribution in [-0.4, -0.2) is 27.9 Å². The van der Waals surface area contributed by atoms with E-state index in [0.717, 1.165) is 6.07 Å². The predicted octanol–water partition coefficient (Wildman–Crippen LogP) is 2.20. The van der Waals surface area contributed by atoms with E-state index in [9.17, 15) is 14.3 Å². The van der Waals surface area contributed by atoms with E-state index in [2.05, 4.69) is 4.98 Å². The van der Waals surface area contributed by atoms with Crippen molar-refractivity contribution in [2.45, 2.75) is 6.54 Å². The number of benzene rings is 1. The summed E-state index contributed by atoms with van der Waals surface area (Å²) < 4.78 is 13.0. The minimum absolute atomic E-state index is 0.128. The Morgan fingerprint density at radius 1 is 1.37 bits per heavy atom. The molecule has 0 unspecified atom stereocenters. The van der Waals surface area contributed by atoms with Gasteiger partial charge < -0.3 is 10.0 Å². The second-order valence-corrected chi connectivity index (χ2v) is 4.16. The molecule has 0 aliphatic heterocycles. The maximum atomic E-state index is 13.0. The summed E-state index contributed by atoms with van der Waals surface area (Å²) in [5.41, 5.74) is 0.860. The molecule has 4 nitrogen and oxygen atoms in total. The zero-order valence-electron chi connectivity index (χ0n) is 10.4. The average molecular weight is 260 g/mol. The Kier molecular flexibility index (Phi) is 3.75. The van der Waals surface area contributed by atoms with Crippen molar-refractivity contribution in [2.75, 3.05) is 7.05 Å². The number of halogens is 1. The number of pyridine rings is 1. The van der Waals surface area contributed by atoms with Crippen LogP contribution in [0.5, 0.6) is 5.75 Å². The number of para-hydroxylation sites is 1. The van der Waals surface area contributed by atoms with E-state index in [4.69, 9.17) is 0 Å². The molecule has 98 valence electrons. The van der Waals surface area contributed by atoms with Crippen molar-refractivity contribution in [3.05, 3.63) is 59.7 Å². The third kappa shape index (κ3) is 3.07. The van der Waals surface area contributed by atoms with Gasteiger partial charge in [0.05, 0.1) is 0 Å². The third-order valence-corrected chi connectivity index (χ3v) is 2.72. The Hall–Kier alpha value is -2.43. The molecule has 0 saturated heterocycles. The molecular formula is C14H13FN2O2. The number of aromatic nitrogens is 1. The van der Waals surface area contributed by atoms with Crippen molar-refractivity contribution in [1.29, 1.82) is 0 Å². The number of aromatic hydroxyl groups is 1. The molecular weight excluding hydrogens is 247 g/mol. The number of carbonyl (C=O) groups is 1. The molecule has 0 atom stereocenters. The molecule has 0 bridgehead atoms. The fourth-order valence-corrected chi connectivity index (χ4v) is 1.73. The Morgan fingerprint density at radius 2 is 2.11 bits per heavy atom. The van der Waals surface area contributed by atoms with Crippen molar-refractivity contribution in [2.24, 2.45) is 0 Å². The van der Waals surface area contributed by atoms with E-state index >= 15 is 0 Å². The SMILES string of the molecule is CN(Cc1ccccc1O)C(=O)c1ccnc(F)c1. The lowest BCUT2D eigenvalue weighted by Crippen LogP contribution is -2.26. The number of rotatable bonds is 3. The molecule has 0 aliphatic carbocycles. The number of hydrogen-bond donors (Lipinski definition) is 1. The molecule has 1 amide bonds. The Bertz CT molecular complexity index is 602. The summed E-state index contributed by atoms with van der Waals surface area (Å²) >= 11 is 0. The fraction of sp³-hybridized carbons (Fsp3) is 0.143. The summed E-state index contributed by atoms with van der Waals surface area (Å²) in [6, 6.07) is 9.31. The van der Waals surface area contributed by atoms with Crippen LogP contribution < -0.4 is 0 Å². The summed E-state index contributed by atoms with van der Waals surface area (Å²) in [6.07, 6.45) is 1.25. The number of amides is 1. The van der Waals surface area contributed by atoms with Gasteiger partial charge in [-0.05, 0) is 12.1 Å². The van der Waals surface area contributed by atoms with Crippen molar-refractivity contribution in [1.82, 2.24) is 9.88 Å². The first-order chi connectivity index (χ1) is 9.08. The molecule has 0 radical (unpaired) electrons. The third-order valence-electron chi connectivity index (χ3n) is 2.72. The Balaban J connectivity index is 2.14. The maximum absolute atomic E-state index is 13.0. The highest BCUT2D eigenvalue weighted by Gasteiger charge is 2.14. The molecule has 19 heavy (non-hydrogen) atoms. The quantitative estimate of drug-likeness (QED) is 0.861. The highest BCUT2D eigenvalue weighted by molar-refractivity contribution is 5.93.